The van der Waals surface area contributed by atoms with E-state index in [-0.39, 0.29) is 46.6 Å². The molecule has 1 aliphatic heterocycles. The Morgan fingerprint density at radius 2 is 1.81 bits per heavy atom. The molecule has 0 spiro atoms. The molecule has 2 heterocycles. The van der Waals surface area contributed by atoms with Crippen LogP contribution in [0.3, 0.4) is 0 Å². The molecule has 0 radical (unpaired) electrons. The zero-order valence-electron chi connectivity index (χ0n) is 19.2. The van der Waals surface area contributed by atoms with E-state index in [9.17, 15) is 9.90 Å². The summed E-state index contributed by atoms with van der Waals surface area (Å²) in [6.07, 6.45) is 0.424. The van der Waals surface area contributed by atoms with E-state index in [1.54, 1.807) is 0 Å². The molecule has 0 amide bonds. The second-order valence-electron chi connectivity index (χ2n) is 7.70. The molecule has 0 aliphatic carbocycles. The number of benzene rings is 2. The molecule has 27 heavy (non-hydrogen) atoms. The van der Waals surface area contributed by atoms with Crippen LogP contribution in [0.4, 0.5) is 0 Å². The standard InChI is InChI=1S/C23H22ClNO2/c1-23(2)13-19-22(15-6-4-3-5-7-15)21(16-8-10-17(24)11-9-16)18(12-20(26)27)25(19)14-23/h3-11H,12-14H2,1-2H3,(H,26,27)/i8D,9D,10D,11D. The first kappa shape index (κ1) is 13.6. The molecule has 138 valence electrons. The van der Waals surface area contributed by atoms with E-state index in [1.165, 1.54) is 0 Å². The third-order valence-corrected chi connectivity index (χ3v) is 5.13. The molecule has 4 rings (SSSR count). The molecular weight excluding hydrogens is 358 g/mol. The van der Waals surface area contributed by atoms with E-state index < -0.39 is 5.97 Å². The van der Waals surface area contributed by atoms with Crippen LogP contribution in [0.15, 0.2) is 54.5 Å². The average Bonchev–Trinajstić information content (AvgIpc) is 3.16. The van der Waals surface area contributed by atoms with E-state index in [2.05, 4.69) is 13.8 Å². The van der Waals surface area contributed by atoms with Crippen LogP contribution >= 0.6 is 11.6 Å². The zero-order chi connectivity index (χ0) is 22.7. The van der Waals surface area contributed by atoms with Crippen molar-refractivity contribution < 1.29 is 15.4 Å². The van der Waals surface area contributed by atoms with Gasteiger partial charge in [-0.25, -0.2) is 0 Å². The molecule has 1 aliphatic rings. The highest BCUT2D eigenvalue weighted by molar-refractivity contribution is 6.30. The van der Waals surface area contributed by atoms with Gasteiger partial charge in [-0.1, -0.05) is 67.9 Å². The monoisotopic (exact) mass is 383 g/mol. The highest BCUT2D eigenvalue weighted by Crippen LogP contribution is 2.47. The molecule has 0 saturated heterocycles. The Morgan fingerprint density at radius 1 is 1.15 bits per heavy atom. The predicted octanol–water partition coefficient (Wildman–Crippen LogP) is 5.68. The van der Waals surface area contributed by atoms with Crippen LogP contribution in [-0.2, 0) is 24.2 Å². The summed E-state index contributed by atoms with van der Waals surface area (Å²) in [6.45, 7) is 4.86. The molecule has 0 bridgehead atoms. The normalized spacial score (nSPS) is 17.0. The van der Waals surface area contributed by atoms with Gasteiger partial charge in [-0.2, -0.15) is 0 Å². The number of halogens is 1. The summed E-state index contributed by atoms with van der Waals surface area (Å²) in [4.78, 5) is 11.8. The van der Waals surface area contributed by atoms with E-state index in [1.807, 2.05) is 34.9 Å². The molecule has 1 N–H and O–H groups in total. The zero-order valence-corrected chi connectivity index (χ0v) is 15.9. The molecule has 0 unspecified atom stereocenters. The van der Waals surface area contributed by atoms with Crippen LogP contribution in [0, 0.1) is 5.41 Å². The third kappa shape index (κ3) is 3.28. The molecule has 4 heteroatoms. The minimum absolute atomic E-state index is 0.0700. The lowest BCUT2D eigenvalue weighted by Crippen LogP contribution is -2.15. The van der Waals surface area contributed by atoms with Crippen molar-refractivity contribution in [3.05, 3.63) is 70.9 Å². The Balaban J connectivity index is 2.17. The molecular formula is C23H22ClNO2. The second-order valence-corrected chi connectivity index (χ2v) is 8.07. The van der Waals surface area contributed by atoms with Gasteiger partial charge in [0.05, 0.1) is 11.9 Å². The number of aliphatic carboxylic acids is 1. The van der Waals surface area contributed by atoms with Gasteiger partial charge < -0.3 is 9.67 Å². The predicted molar refractivity (Wildman–Crippen MR) is 109 cm³/mol. The van der Waals surface area contributed by atoms with E-state index in [4.69, 9.17) is 17.1 Å². The largest absolute Gasteiger partial charge is 0.481 e. The maximum absolute atomic E-state index is 11.8. The smallest absolute Gasteiger partial charge is 0.309 e. The fourth-order valence-corrected chi connectivity index (χ4v) is 4.06. The van der Waals surface area contributed by atoms with Gasteiger partial charge in [0.25, 0.3) is 0 Å². The van der Waals surface area contributed by atoms with Crippen molar-refractivity contribution in [3.63, 3.8) is 0 Å². The van der Waals surface area contributed by atoms with Crippen LogP contribution in [0.5, 0.6) is 0 Å². The summed E-state index contributed by atoms with van der Waals surface area (Å²) in [6, 6.07) is 8.31. The van der Waals surface area contributed by atoms with Gasteiger partial charge in [-0.3, -0.25) is 4.79 Å². The number of hydrogen-bond donors (Lipinski definition) is 1. The quantitative estimate of drug-likeness (QED) is 0.629. The Kier molecular flexibility index (Phi) is 3.32. The van der Waals surface area contributed by atoms with Crippen LogP contribution in [0.1, 0.15) is 30.7 Å². The number of carbonyl (C=O) groups is 1. The molecule has 1 aromatic heterocycles. The summed E-state index contributed by atoms with van der Waals surface area (Å²) in [5.41, 5.74) is 3.54. The van der Waals surface area contributed by atoms with E-state index in [0.717, 1.165) is 16.8 Å². The minimum Gasteiger partial charge on any atom is -0.481 e. The van der Waals surface area contributed by atoms with Crippen LogP contribution in [0.2, 0.25) is 5.02 Å². The van der Waals surface area contributed by atoms with Crippen molar-refractivity contribution in [1.29, 1.82) is 0 Å². The summed E-state index contributed by atoms with van der Waals surface area (Å²) < 4.78 is 35.5. The number of aromatic nitrogens is 1. The molecule has 0 saturated carbocycles. The van der Waals surface area contributed by atoms with Gasteiger partial charge in [0.1, 0.15) is 0 Å². The first-order valence-electron chi connectivity index (χ1n) is 10.8. The molecule has 2 aromatic carbocycles. The first-order valence-corrected chi connectivity index (χ1v) is 9.19. The van der Waals surface area contributed by atoms with Crippen molar-refractivity contribution in [3.8, 4) is 22.3 Å². The lowest BCUT2D eigenvalue weighted by Gasteiger charge is -2.18. The Morgan fingerprint density at radius 3 is 2.44 bits per heavy atom. The number of carboxylic acid groups (broad SMARTS) is 1. The maximum Gasteiger partial charge on any atom is 0.309 e. The number of carboxylic acids is 1. The molecule has 0 atom stereocenters. The minimum atomic E-state index is -1.02. The van der Waals surface area contributed by atoms with Gasteiger partial charge >= 0.3 is 5.97 Å². The molecule has 3 aromatic rings. The van der Waals surface area contributed by atoms with Gasteiger partial charge in [0.15, 0.2) is 0 Å². The highest BCUT2D eigenvalue weighted by atomic mass is 35.5. The number of rotatable bonds is 4. The van der Waals surface area contributed by atoms with E-state index in [0.29, 0.717) is 24.2 Å². The first-order chi connectivity index (χ1) is 14.5. The Bertz CT molecular complexity index is 1190. The van der Waals surface area contributed by atoms with Crippen LogP contribution in [0.25, 0.3) is 22.3 Å². The highest BCUT2D eigenvalue weighted by Gasteiger charge is 2.36. The van der Waals surface area contributed by atoms with Crippen LogP contribution < -0.4 is 0 Å². The van der Waals surface area contributed by atoms with Crippen molar-refractivity contribution in [2.75, 3.05) is 0 Å². The fraction of sp³-hybridized carbons (Fsp3) is 0.261. The van der Waals surface area contributed by atoms with Crippen molar-refractivity contribution >= 4 is 17.6 Å². The topological polar surface area (TPSA) is 42.2 Å². The van der Waals surface area contributed by atoms with Gasteiger partial charge in [-0.05, 0) is 35.0 Å². The van der Waals surface area contributed by atoms with Gasteiger partial charge in [0, 0.05) is 34.1 Å². The average molecular weight is 384 g/mol. The fourth-order valence-electron chi connectivity index (χ4n) is 3.97. The summed E-state index contributed by atoms with van der Waals surface area (Å²) in [5, 5.41) is 9.43. The number of nitrogens with zero attached hydrogens (tertiary/aromatic N) is 1. The maximum atomic E-state index is 11.8. The Hall–Kier alpha value is -2.52. The van der Waals surface area contributed by atoms with E-state index >= 15 is 0 Å². The summed E-state index contributed by atoms with van der Waals surface area (Å²) in [7, 11) is 0. The molecule has 3 nitrogen and oxygen atoms in total. The lowest BCUT2D eigenvalue weighted by molar-refractivity contribution is -0.136. The van der Waals surface area contributed by atoms with Crippen LogP contribution in [-0.4, -0.2) is 15.6 Å². The lowest BCUT2D eigenvalue weighted by atomic mass is 9.86. The van der Waals surface area contributed by atoms with Crippen molar-refractivity contribution in [1.82, 2.24) is 4.57 Å². The van der Waals surface area contributed by atoms with Crippen molar-refractivity contribution in [2.24, 2.45) is 5.41 Å². The molecule has 0 fully saturated rings. The SMILES string of the molecule is [2H]c1c([2H])c(-c2c(-c3ccccc3)c3n(c2CC(=O)O)CC(C)(C)C3)c([2H])c([2H])c1Cl. The second kappa shape index (κ2) is 6.58. The Labute approximate surface area is 169 Å². The third-order valence-electron chi connectivity index (χ3n) is 4.94. The summed E-state index contributed by atoms with van der Waals surface area (Å²) in [5.74, 6) is -1.02. The number of hydrogen-bond acceptors (Lipinski definition) is 1. The summed E-state index contributed by atoms with van der Waals surface area (Å²) >= 11 is 6.03. The van der Waals surface area contributed by atoms with Gasteiger partial charge in [-0.15, -0.1) is 0 Å². The van der Waals surface area contributed by atoms with Gasteiger partial charge in [0.2, 0.25) is 0 Å². The number of fused-ring (bicyclic) bond motifs is 1. The van der Waals surface area contributed by atoms with Crippen molar-refractivity contribution in [2.45, 2.75) is 33.2 Å².